The lowest BCUT2D eigenvalue weighted by Crippen LogP contribution is -2.28. The molecule has 0 aliphatic rings. The number of nitrogens with zero attached hydrogens (tertiary/aromatic N) is 1. The highest BCUT2D eigenvalue weighted by molar-refractivity contribution is 6.07. The van der Waals surface area contributed by atoms with Crippen LogP contribution in [0, 0.1) is 13.8 Å². The van der Waals surface area contributed by atoms with E-state index in [9.17, 15) is 4.79 Å². The number of benzene rings is 2. The molecule has 0 radical (unpaired) electrons. The molecule has 0 aromatic heterocycles. The van der Waals surface area contributed by atoms with Crippen LogP contribution in [0.4, 0.5) is 5.69 Å². The smallest absolute Gasteiger partial charge is 0.258 e. The zero-order valence-electron chi connectivity index (χ0n) is 13.6. The normalized spacial score (nSPS) is 10.3. The molecule has 0 aliphatic heterocycles. The topological polar surface area (TPSA) is 20.3 Å². The second kappa shape index (κ2) is 7.08. The van der Waals surface area contributed by atoms with Gasteiger partial charge in [-0.25, -0.2) is 0 Å². The summed E-state index contributed by atoms with van der Waals surface area (Å²) in [4.78, 5) is 14.6. The average molecular weight is 293 g/mol. The van der Waals surface area contributed by atoms with Gasteiger partial charge in [-0.3, -0.25) is 4.79 Å². The lowest BCUT2D eigenvalue weighted by atomic mass is 10.0. The van der Waals surface area contributed by atoms with Gasteiger partial charge in [0.25, 0.3) is 5.91 Å². The van der Waals surface area contributed by atoms with E-state index in [0.29, 0.717) is 0 Å². The van der Waals surface area contributed by atoms with Gasteiger partial charge in [0.1, 0.15) is 0 Å². The zero-order chi connectivity index (χ0) is 16.1. The van der Waals surface area contributed by atoms with Gasteiger partial charge in [0, 0.05) is 18.3 Å². The number of rotatable bonds is 5. The lowest BCUT2D eigenvalue weighted by molar-refractivity contribution is 0.0992. The minimum Gasteiger partial charge on any atom is -0.311 e. The fourth-order valence-electron chi connectivity index (χ4n) is 2.75. The van der Waals surface area contributed by atoms with Crippen molar-refractivity contribution < 1.29 is 4.79 Å². The standard InChI is InChI=1S/C20H23NO/c1-5-6-12-17-13-9-11-16(3)19(17)21(4)20(22)18-14-8-7-10-15(18)2/h5,7-11,13-14H,1,6,12H2,2-4H3. The summed E-state index contributed by atoms with van der Waals surface area (Å²) in [6.07, 6.45) is 3.71. The van der Waals surface area contributed by atoms with Crippen LogP contribution in [0.25, 0.3) is 0 Å². The minimum absolute atomic E-state index is 0.0345. The Morgan fingerprint density at radius 3 is 2.45 bits per heavy atom. The summed E-state index contributed by atoms with van der Waals surface area (Å²) < 4.78 is 0. The Bertz CT molecular complexity index is 688. The minimum atomic E-state index is 0.0345. The van der Waals surface area contributed by atoms with Crippen molar-refractivity contribution in [3.05, 3.63) is 77.4 Å². The zero-order valence-corrected chi connectivity index (χ0v) is 13.6. The molecule has 0 heterocycles. The van der Waals surface area contributed by atoms with Crippen molar-refractivity contribution in [1.82, 2.24) is 0 Å². The van der Waals surface area contributed by atoms with Crippen LogP contribution in [0.1, 0.15) is 33.5 Å². The Kier molecular flexibility index (Phi) is 5.16. The number of aryl methyl sites for hydroxylation is 3. The summed E-state index contributed by atoms with van der Waals surface area (Å²) in [6.45, 7) is 7.81. The van der Waals surface area contributed by atoms with Crippen molar-refractivity contribution in [3.63, 3.8) is 0 Å². The first-order chi connectivity index (χ1) is 10.6. The van der Waals surface area contributed by atoms with E-state index in [0.717, 1.165) is 35.2 Å². The van der Waals surface area contributed by atoms with E-state index < -0.39 is 0 Å². The van der Waals surface area contributed by atoms with E-state index in [2.05, 4.69) is 12.6 Å². The number of carbonyl (C=O) groups is 1. The van der Waals surface area contributed by atoms with Crippen molar-refractivity contribution in [1.29, 1.82) is 0 Å². The van der Waals surface area contributed by atoms with Crippen LogP contribution in [0.15, 0.2) is 55.1 Å². The molecule has 2 heteroatoms. The third-order valence-corrected chi connectivity index (χ3v) is 3.95. The second-order valence-electron chi connectivity index (χ2n) is 5.59. The third-order valence-electron chi connectivity index (χ3n) is 3.95. The second-order valence-corrected chi connectivity index (χ2v) is 5.59. The summed E-state index contributed by atoms with van der Waals surface area (Å²) in [5.41, 5.74) is 5.07. The quantitative estimate of drug-likeness (QED) is 0.732. The number of hydrogen-bond donors (Lipinski definition) is 0. The van der Waals surface area contributed by atoms with Crippen LogP contribution in [0.3, 0.4) is 0 Å². The number of hydrogen-bond acceptors (Lipinski definition) is 1. The van der Waals surface area contributed by atoms with Gasteiger partial charge in [-0.15, -0.1) is 6.58 Å². The largest absolute Gasteiger partial charge is 0.311 e. The van der Waals surface area contributed by atoms with Gasteiger partial charge >= 0.3 is 0 Å². The molecule has 2 aromatic rings. The molecule has 22 heavy (non-hydrogen) atoms. The van der Waals surface area contributed by atoms with E-state index in [1.54, 1.807) is 4.90 Å². The van der Waals surface area contributed by atoms with Crippen molar-refractivity contribution in [2.75, 3.05) is 11.9 Å². The number of carbonyl (C=O) groups excluding carboxylic acids is 1. The Morgan fingerprint density at radius 2 is 1.77 bits per heavy atom. The van der Waals surface area contributed by atoms with Crippen molar-refractivity contribution >= 4 is 11.6 Å². The number of allylic oxidation sites excluding steroid dienone is 1. The molecule has 0 spiro atoms. The predicted molar refractivity (Wildman–Crippen MR) is 93.6 cm³/mol. The SMILES string of the molecule is C=CCCc1cccc(C)c1N(C)C(=O)c1ccccc1C. The van der Waals surface area contributed by atoms with Gasteiger partial charge in [0.15, 0.2) is 0 Å². The molecule has 0 bridgehead atoms. The molecule has 0 unspecified atom stereocenters. The van der Waals surface area contributed by atoms with Crippen LogP contribution in [0.2, 0.25) is 0 Å². The maximum Gasteiger partial charge on any atom is 0.258 e. The van der Waals surface area contributed by atoms with Crippen molar-refractivity contribution in [2.24, 2.45) is 0 Å². The van der Waals surface area contributed by atoms with Crippen LogP contribution in [-0.4, -0.2) is 13.0 Å². The molecule has 0 fully saturated rings. The highest BCUT2D eigenvalue weighted by Crippen LogP contribution is 2.27. The highest BCUT2D eigenvalue weighted by atomic mass is 16.2. The molecule has 2 aromatic carbocycles. The maximum absolute atomic E-state index is 12.8. The van der Waals surface area contributed by atoms with Crippen LogP contribution >= 0.6 is 0 Å². The first kappa shape index (κ1) is 16.0. The van der Waals surface area contributed by atoms with Crippen LogP contribution in [0.5, 0.6) is 0 Å². The lowest BCUT2D eigenvalue weighted by Gasteiger charge is -2.23. The molecule has 0 aliphatic carbocycles. The Balaban J connectivity index is 2.40. The number of amides is 1. The molecule has 2 rings (SSSR count). The summed E-state index contributed by atoms with van der Waals surface area (Å²) >= 11 is 0. The Hall–Kier alpha value is -2.35. The van der Waals surface area contributed by atoms with Crippen LogP contribution < -0.4 is 4.90 Å². The van der Waals surface area contributed by atoms with Gasteiger partial charge < -0.3 is 4.90 Å². The number of para-hydroxylation sites is 1. The van der Waals surface area contributed by atoms with Crippen molar-refractivity contribution in [2.45, 2.75) is 26.7 Å². The summed E-state index contributed by atoms with van der Waals surface area (Å²) in [6, 6.07) is 13.9. The fraction of sp³-hybridized carbons (Fsp3) is 0.250. The highest BCUT2D eigenvalue weighted by Gasteiger charge is 2.19. The number of anilines is 1. The molecule has 2 nitrogen and oxygen atoms in total. The molecule has 0 saturated heterocycles. The summed E-state index contributed by atoms with van der Waals surface area (Å²) in [5, 5.41) is 0. The monoisotopic (exact) mass is 293 g/mol. The Labute approximate surface area is 133 Å². The molecule has 114 valence electrons. The van der Waals surface area contributed by atoms with Gasteiger partial charge in [-0.1, -0.05) is 42.5 Å². The molecule has 0 N–H and O–H groups in total. The average Bonchev–Trinajstić information content (AvgIpc) is 2.52. The van der Waals surface area contributed by atoms with E-state index in [1.165, 1.54) is 5.56 Å². The molecule has 0 atom stereocenters. The van der Waals surface area contributed by atoms with E-state index in [-0.39, 0.29) is 5.91 Å². The summed E-state index contributed by atoms with van der Waals surface area (Å²) in [5.74, 6) is 0.0345. The first-order valence-corrected chi connectivity index (χ1v) is 7.59. The molecule has 1 amide bonds. The third kappa shape index (κ3) is 3.28. The van der Waals surface area contributed by atoms with Gasteiger partial charge in [-0.05, 0) is 49.4 Å². The maximum atomic E-state index is 12.8. The molecular formula is C20H23NO. The summed E-state index contributed by atoms with van der Waals surface area (Å²) in [7, 11) is 1.86. The first-order valence-electron chi connectivity index (χ1n) is 7.59. The van der Waals surface area contributed by atoms with Gasteiger partial charge in [0.05, 0.1) is 0 Å². The molecular weight excluding hydrogens is 270 g/mol. The predicted octanol–water partition coefficient (Wildman–Crippen LogP) is 4.70. The van der Waals surface area contributed by atoms with Crippen molar-refractivity contribution in [3.8, 4) is 0 Å². The van der Waals surface area contributed by atoms with E-state index >= 15 is 0 Å². The van der Waals surface area contributed by atoms with E-state index in [1.807, 2.05) is 63.4 Å². The fourth-order valence-corrected chi connectivity index (χ4v) is 2.75. The van der Waals surface area contributed by atoms with Crippen LogP contribution in [-0.2, 0) is 6.42 Å². The van der Waals surface area contributed by atoms with Gasteiger partial charge in [-0.2, -0.15) is 0 Å². The Morgan fingerprint density at radius 1 is 1.09 bits per heavy atom. The van der Waals surface area contributed by atoms with Gasteiger partial charge in [0.2, 0.25) is 0 Å². The van der Waals surface area contributed by atoms with E-state index in [4.69, 9.17) is 0 Å². The molecule has 0 saturated carbocycles.